The highest BCUT2D eigenvalue weighted by molar-refractivity contribution is 6.32. The number of carbonyl (C=O) groups excluding carboxylic acids is 1. The molecule has 1 unspecified atom stereocenters. The number of unbranched alkanes of at least 4 members (excludes halogenated alkanes) is 1. The normalized spacial score (nSPS) is 12.4. The number of hydrogen-bond donors (Lipinski definition) is 1. The minimum atomic E-state index is -0.523. The number of anilines is 1. The fourth-order valence-electron chi connectivity index (χ4n) is 1.32. The summed E-state index contributed by atoms with van der Waals surface area (Å²) in [5.74, 6) is -0.225. The molecule has 0 radical (unpaired) electrons. The van der Waals surface area contributed by atoms with Gasteiger partial charge in [-0.15, -0.1) is 11.6 Å². The molecule has 1 atom stereocenters. The fraction of sp³-hybridized carbons (Fsp3) is 0.636. The molecule has 0 fully saturated rings. The van der Waals surface area contributed by atoms with Crippen molar-refractivity contribution in [3.63, 3.8) is 0 Å². The zero-order chi connectivity index (χ0) is 12.7. The van der Waals surface area contributed by atoms with Gasteiger partial charge in [0.1, 0.15) is 5.38 Å². The Bertz CT molecular complexity index is 356. The zero-order valence-corrected chi connectivity index (χ0v) is 10.6. The molecule has 1 aromatic heterocycles. The van der Waals surface area contributed by atoms with Crippen LogP contribution in [0.3, 0.4) is 0 Å². The molecule has 4 nitrogen and oxygen atoms in total. The maximum Gasteiger partial charge on any atom is 0.242 e. The Morgan fingerprint density at radius 1 is 1.65 bits per heavy atom. The number of aromatic nitrogens is 2. The highest BCUT2D eigenvalue weighted by Gasteiger charge is 2.13. The summed E-state index contributed by atoms with van der Waals surface area (Å²) >= 11 is 5.79. The molecule has 0 saturated heterocycles. The van der Waals surface area contributed by atoms with Gasteiger partial charge < -0.3 is 5.32 Å². The molecule has 1 heterocycles. The highest BCUT2D eigenvalue weighted by Crippen LogP contribution is 2.09. The van der Waals surface area contributed by atoms with Crippen molar-refractivity contribution in [1.82, 2.24) is 9.78 Å². The summed E-state index contributed by atoms with van der Waals surface area (Å²) in [4.78, 5) is 11.5. The molecule has 0 bridgehead atoms. The van der Waals surface area contributed by atoms with Crippen LogP contribution in [0.4, 0.5) is 10.1 Å². The number of alkyl halides is 2. The molecule has 1 N–H and O–H groups in total. The predicted octanol–water partition coefficient (Wildman–Crippen LogP) is 2.59. The number of rotatable bonds is 7. The second-order valence-electron chi connectivity index (χ2n) is 3.75. The Morgan fingerprint density at radius 3 is 3.06 bits per heavy atom. The van der Waals surface area contributed by atoms with E-state index in [0.29, 0.717) is 25.1 Å². The van der Waals surface area contributed by atoms with Gasteiger partial charge in [-0.25, -0.2) is 0 Å². The summed E-state index contributed by atoms with van der Waals surface area (Å²) in [6.07, 6.45) is 5.12. The maximum atomic E-state index is 11.9. The van der Waals surface area contributed by atoms with Gasteiger partial charge in [0.05, 0.1) is 18.6 Å². The van der Waals surface area contributed by atoms with E-state index in [2.05, 4.69) is 10.4 Å². The minimum Gasteiger partial charge on any atom is -0.322 e. The molecular formula is C11H17ClFN3O. The smallest absolute Gasteiger partial charge is 0.242 e. The lowest BCUT2D eigenvalue weighted by atomic mass is 10.3. The van der Waals surface area contributed by atoms with Gasteiger partial charge in [-0.3, -0.25) is 13.9 Å². The SMILES string of the molecule is CCC(Cl)C(=O)Nc1cnn(CCCCF)c1. The first-order valence-electron chi connectivity index (χ1n) is 5.70. The second-order valence-corrected chi connectivity index (χ2v) is 4.28. The van der Waals surface area contributed by atoms with Crippen molar-refractivity contribution in [3.8, 4) is 0 Å². The minimum absolute atomic E-state index is 0.225. The lowest BCUT2D eigenvalue weighted by Crippen LogP contribution is -2.22. The summed E-state index contributed by atoms with van der Waals surface area (Å²) in [6, 6.07) is 0. The van der Waals surface area contributed by atoms with E-state index in [-0.39, 0.29) is 12.6 Å². The first-order valence-corrected chi connectivity index (χ1v) is 6.14. The van der Waals surface area contributed by atoms with Crippen molar-refractivity contribution in [1.29, 1.82) is 0 Å². The second kappa shape index (κ2) is 7.27. The molecule has 17 heavy (non-hydrogen) atoms. The van der Waals surface area contributed by atoms with Crippen molar-refractivity contribution in [2.45, 2.75) is 38.1 Å². The Labute approximate surface area is 105 Å². The molecule has 1 aromatic rings. The third-order valence-electron chi connectivity index (χ3n) is 2.31. The van der Waals surface area contributed by atoms with Gasteiger partial charge in [-0.2, -0.15) is 5.10 Å². The van der Waals surface area contributed by atoms with E-state index >= 15 is 0 Å². The average molecular weight is 262 g/mol. The average Bonchev–Trinajstić information content (AvgIpc) is 2.76. The predicted molar refractivity (Wildman–Crippen MR) is 66.0 cm³/mol. The molecule has 1 amide bonds. The van der Waals surface area contributed by atoms with Gasteiger partial charge in [0.2, 0.25) is 5.91 Å². The van der Waals surface area contributed by atoms with Gasteiger partial charge in [0, 0.05) is 12.7 Å². The first kappa shape index (κ1) is 14.0. The number of nitrogens with one attached hydrogen (secondary N) is 1. The van der Waals surface area contributed by atoms with Gasteiger partial charge in [-0.05, 0) is 19.3 Å². The summed E-state index contributed by atoms with van der Waals surface area (Å²) in [5, 5.41) is 6.21. The number of amides is 1. The van der Waals surface area contributed by atoms with E-state index < -0.39 is 5.38 Å². The Hall–Kier alpha value is -1.10. The van der Waals surface area contributed by atoms with Crippen LogP contribution in [0.25, 0.3) is 0 Å². The fourth-order valence-corrected chi connectivity index (χ4v) is 1.38. The number of nitrogens with zero attached hydrogens (tertiary/aromatic N) is 2. The maximum absolute atomic E-state index is 11.9. The van der Waals surface area contributed by atoms with Crippen LogP contribution in [0.1, 0.15) is 26.2 Å². The summed E-state index contributed by atoms with van der Waals surface area (Å²) < 4.78 is 13.6. The molecule has 0 aromatic carbocycles. The van der Waals surface area contributed by atoms with E-state index in [9.17, 15) is 9.18 Å². The third-order valence-corrected chi connectivity index (χ3v) is 2.82. The van der Waals surface area contributed by atoms with E-state index in [1.807, 2.05) is 6.92 Å². The quantitative estimate of drug-likeness (QED) is 0.606. The van der Waals surface area contributed by atoms with Crippen LogP contribution < -0.4 is 5.32 Å². The zero-order valence-electron chi connectivity index (χ0n) is 9.83. The summed E-state index contributed by atoms with van der Waals surface area (Å²) in [7, 11) is 0. The Morgan fingerprint density at radius 2 is 2.41 bits per heavy atom. The standard InChI is InChI=1S/C11H17ClFN3O/c1-2-10(12)11(17)15-9-7-14-16(8-9)6-4-3-5-13/h7-8,10H,2-6H2,1H3,(H,15,17). The van der Waals surface area contributed by atoms with Crippen LogP contribution in [0, 0.1) is 0 Å². The van der Waals surface area contributed by atoms with Crippen molar-refractivity contribution >= 4 is 23.2 Å². The van der Waals surface area contributed by atoms with Crippen LogP contribution in [0.15, 0.2) is 12.4 Å². The van der Waals surface area contributed by atoms with Crippen LogP contribution in [-0.4, -0.2) is 27.7 Å². The number of hydrogen-bond acceptors (Lipinski definition) is 2. The molecule has 96 valence electrons. The molecule has 0 aliphatic rings. The van der Waals surface area contributed by atoms with E-state index in [0.717, 1.165) is 6.42 Å². The van der Waals surface area contributed by atoms with E-state index in [1.54, 1.807) is 17.1 Å². The molecule has 0 spiro atoms. The van der Waals surface area contributed by atoms with Crippen molar-refractivity contribution in [2.24, 2.45) is 0 Å². The number of halogens is 2. The number of carbonyl (C=O) groups is 1. The largest absolute Gasteiger partial charge is 0.322 e. The van der Waals surface area contributed by atoms with Crippen molar-refractivity contribution in [2.75, 3.05) is 12.0 Å². The number of aryl methyl sites for hydroxylation is 1. The van der Waals surface area contributed by atoms with Crippen LogP contribution in [0.5, 0.6) is 0 Å². The van der Waals surface area contributed by atoms with Crippen molar-refractivity contribution < 1.29 is 9.18 Å². The Balaban J connectivity index is 2.42. The summed E-state index contributed by atoms with van der Waals surface area (Å²) in [5.41, 5.74) is 0.620. The molecule has 0 aliphatic carbocycles. The molecule has 0 saturated carbocycles. The summed E-state index contributed by atoms with van der Waals surface area (Å²) in [6.45, 7) is 2.19. The Kier molecular flexibility index (Phi) is 5.97. The van der Waals surface area contributed by atoms with Gasteiger partial charge in [-0.1, -0.05) is 6.92 Å². The lowest BCUT2D eigenvalue weighted by molar-refractivity contribution is -0.115. The third kappa shape index (κ3) is 4.73. The molecular weight excluding hydrogens is 245 g/mol. The molecule has 0 aliphatic heterocycles. The van der Waals surface area contributed by atoms with Gasteiger partial charge in [0.15, 0.2) is 0 Å². The highest BCUT2D eigenvalue weighted by atomic mass is 35.5. The van der Waals surface area contributed by atoms with Gasteiger partial charge in [0.25, 0.3) is 0 Å². The molecule has 6 heteroatoms. The van der Waals surface area contributed by atoms with E-state index in [1.165, 1.54) is 0 Å². The monoisotopic (exact) mass is 261 g/mol. The van der Waals surface area contributed by atoms with Crippen LogP contribution in [-0.2, 0) is 11.3 Å². The topological polar surface area (TPSA) is 46.9 Å². The van der Waals surface area contributed by atoms with E-state index in [4.69, 9.17) is 11.6 Å². The lowest BCUT2D eigenvalue weighted by Gasteiger charge is -2.05. The van der Waals surface area contributed by atoms with Crippen LogP contribution in [0.2, 0.25) is 0 Å². The van der Waals surface area contributed by atoms with Crippen LogP contribution >= 0.6 is 11.6 Å². The van der Waals surface area contributed by atoms with Gasteiger partial charge >= 0.3 is 0 Å². The van der Waals surface area contributed by atoms with Crippen molar-refractivity contribution in [3.05, 3.63) is 12.4 Å². The molecule has 1 rings (SSSR count). The first-order chi connectivity index (χ1) is 8.17.